The van der Waals surface area contributed by atoms with Crippen molar-refractivity contribution in [3.63, 3.8) is 0 Å². The highest BCUT2D eigenvalue weighted by atomic mass is 32.2. The van der Waals surface area contributed by atoms with Crippen molar-refractivity contribution in [3.05, 3.63) is 28.0 Å². The number of nitrogens with zero attached hydrogens (tertiary/aromatic N) is 3. The Labute approximate surface area is 171 Å². The zero-order chi connectivity index (χ0) is 21.1. The molecule has 2 aliphatic rings. The second-order valence-electron chi connectivity index (χ2n) is 5.62. The average molecular weight is 442 g/mol. The van der Waals surface area contributed by atoms with Crippen LogP contribution in [-0.4, -0.2) is 80.4 Å². The van der Waals surface area contributed by atoms with Crippen LogP contribution in [0.4, 0.5) is 0 Å². The van der Waals surface area contributed by atoms with E-state index in [1.54, 1.807) is 0 Å². The van der Waals surface area contributed by atoms with Crippen molar-refractivity contribution >= 4 is 52.6 Å². The molecular weight excluding hydrogens is 428 g/mol. The molecular formula is C15H14N4O8S2. The number of β-lactam (4-membered cyclic amide) rings is 1. The summed E-state index contributed by atoms with van der Waals surface area (Å²) in [5.74, 6) is -3.64. The molecule has 0 spiro atoms. The fraction of sp³-hybridized carbons (Fsp3) is 0.333. The van der Waals surface area contributed by atoms with E-state index in [-0.39, 0.29) is 28.6 Å². The standard InChI is InChI=1S/C15H14N4O8S2/c1-26-7-4-29-14-10(13(23)19(14)11(7)15(24)25)17-12(22)9(6-3-28-5-16-6)18-27-2-8(20)21/h3,5,10,14H,2,4H2,1H3,(H,17,22)(H,20,21)(H,24,25)/t10?,14-/m1/s1. The number of carbonyl (C=O) groups excluding carboxylic acids is 2. The molecule has 0 aromatic carbocycles. The summed E-state index contributed by atoms with van der Waals surface area (Å²) in [6.45, 7) is -0.762. The van der Waals surface area contributed by atoms with Gasteiger partial charge in [0.2, 0.25) is 6.61 Å². The van der Waals surface area contributed by atoms with Gasteiger partial charge in [-0.1, -0.05) is 5.16 Å². The number of rotatable bonds is 8. The number of thiazole rings is 1. The molecule has 29 heavy (non-hydrogen) atoms. The van der Waals surface area contributed by atoms with E-state index in [2.05, 4.69) is 20.3 Å². The van der Waals surface area contributed by atoms with Crippen molar-refractivity contribution in [2.75, 3.05) is 19.5 Å². The van der Waals surface area contributed by atoms with Crippen molar-refractivity contribution < 1.29 is 39.0 Å². The van der Waals surface area contributed by atoms with Gasteiger partial charge in [-0.25, -0.2) is 14.6 Å². The topological polar surface area (TPSA) is 168 Å². The van der Waals surface area contributed by atoms with Crippen LogP contribution < -0.4 is 5.32 Å². The molecule has 12 nitrogen and oxygen atoms in total. The lowest BCUT2D eigenvalue weighted by molar-refractivity contribution is -0.150. The summed E-state index contributed by atoms with van der Waals surface area (Å²) in [6.07, 6.45) is 0. The number of aromatic nitrogens is 1. The Bertz CT molecular complexity index is 913. The maximum atomic E-state index is 12.6. The molecule has 3 rings (SSSR count). The number of carboxylic acid groups (broad SMARTS) is 2. The number of methoxy groups -OCH3 is 1. The molecule has 0 radical (unpaired) electrons. The number of nitrogens with one attached hydrogen (secondary N) is 1. The number of oxime groups is 1. The Hall–Kier alpha value is -3.13. The minimum Gasteiger partial charge on any atom is -0.498 e. The van der Waals surface area contributed by atoms with Crippen LogP contribution in [0.5, 0.6) is 0 Å². The Kier molecular flexibility index (Phi) is 6.03. The second-order valence-corrected chi connectivity index (χ2v) is 7.45. The van der Waals surface area contributed by atoms with Gasteiger partial charge < -0.3 is 25.1 Å². The number of hydrogen-bond donors (Lipinski definition) is 3. The fourth-order valence-electron chi connectivity index (χ4n) is 2.64. The summed E-state index contributed by atoms with van der Waals surface area (Å²) < 4.78 is 5.04. The van der Waals surface area contributed by atoms with E-state index in [9.17, 15) is 24.3 Å². The van der Waals surface area contributed by atoms with E-state index in [0.29, 0.717) is 0 Å². The molecule has 0 bridgehead atoms. The van der Waals surface area contributed by atoms with Crippen molar-refractivity contribution in [3.8, 4) is 0 Å². The van der Waals surface area contributed by atoms with Crippen LogP contribution >= 0.6 is 23.1 Å². The molecule has 14 heteroatoms. The molecule has 1 aromatic heterocycles. The monoisotopic (exact) mass is 442 g/mol. The smallest absolute Gasteiger partial charge is 0.356 e. The quantitative estimate of drug-likeness (QED) is 0.266. The Morgan fingerprint density at radius 2 is 2.17 bits per heavy atom. The highest BCUT2D eigenvalue weighted by Gasteiger charge is 2.55. The van der Waals surface area contributed by atoms with E-state index in [0.717, 1.165) is 4.90 Å². The summed E-state index contributed by atoms with van der Waals surface area (Å²) in [4.78, 5) is 56.9. The van der Waals surface area contributed by atoms with Gasteiger partial charge in [0.15, 0.2) is 11.4 Å². The molecule has 3 N–H and O–H groups in total. The number of aliphatic carboxylic acids is 2. The van der Waals surface area contributed by atoms with Crippen LogP contribution in [0.1, 0.15) is 5.69 Å². The maximum Gasteiger partial charge on any atom is 0.356 e. The molecule has 3 heterocycles. The van der Waals surface area contributed by atoms with Crippen LogP contribution in [0.15, 0.2) is 27.5 Å². The number of carbonyl (C=O) groups is 4. The summed E-state index contributed by atoms with van der Waals surface area (Å²) in [6, 6.07) is -0.997. The summed E-state index contributed by atoms with van der Waals surface area (Å²) in [5.41, 5.74) is 1.03. The Morgan fingerprint density at radius 1 is 1.41 bits per heavy atom. The van der Waals surface area contributed by atoms with Gasteiger partial charge in [-0.3, -0.25) is 14.5 Å². The normalized spacial score (nSPS) is 21.2. The zero-order valence-corrected chi connectivity index (χ0v) is 16.4. The third-order valence-corrected chi connectivity index (χ3v) is 5.74. The van der Waals surface area contributed by atoms with E-state index in [4.69, 9.17) is 9.84 Å². The van der Waals surface area contributed by atoms with Gasteiger partial charge in [0.05, 0.1) is 18.4 Å². The van der Waals surface area contributed by atoms with Crippen molar-refractivity contribution in [2.24, 2.45) is 5.16 Å². The van der Waals surface area contributed by atoms with Crippen LogP contribution in [0.25, 0.3) is 0 Å². The fourth-order valence-corrected chi connectivity index (χ4v) is 4.49. The molecule has 0 saturated carbocycles. The number of carboxylic acids is 2. The summed E-state index contributed by atoms with van der Waals surface area (Å²) in [7, 11) is 1.32. The predicted molar refractivity (Wildman–Crippen MR) is 98.9 cm³/mol. The van der Waals surface area contributed by atoms with Gasteiger partial charge >= 0.3 is 11.9 Å². The first-order valence-corrected chi connectivity index (χ1v) is 9.90. The van der Waals surface area contributed by atoms with Crippen LogP contribution in [0.3, 0.4) is 0 Å². The molecule has 2 aliphatic heterocycles. The van der Waals surface area contributed by atoms with Crippen LogP contribution in [0.2, 0.25) is 0 Å². The van der Waals surface area contributed by atoms with Gasteiger partial charge in [-0.2, -0.15) is 0 Å². The van der Waals surface area contributed by atoms with Gasteiger partial charge in [-0.05, 0) is 0 Å². The zero-order valence-electron chi connectivity index (χ0n) is 14.7. The Morgan fingerprint density at radius 3 is 2.76 bits per heavy atom. The van der Waals surface area contributed by atoms with Gasteiger partial charge in [0.1, 0.15) is 22.9 Å². The van der Waals surface area contributed by atoms with E-state index >= 15 is 0 Å². The molecule has 1 unspecified atom stereocenters. The average Bonchev–Trinajstić information content (AvgIpc) is 3.21. The predicted octanol–water partition coefficient (Wildman–Crippen LogP) is -0.709. The van der Waals surface area contributed by atoms with E-state index in [1.807, 2.05) is 0 Å². The molecule has 0 aliphatic carbocycles. The third-order valence-electron chi connectivity index (χ3n) is 3.90. The number of fused-ring (bicyclic) bond motifs is 1. The van der Waals surface area contributed by atoms with Crippen LogP contribution in [0, 0.1) is 0 Å². The lowest BCUT2D eigenvalue weighted by atomic mass is 10.0. The Balaban J connectivity index is 1.77. The third kappa shape index (κ3) is 4.02. The maximum absolute atomic E-state index is 12.6. The minimum absolute atomic E-state index is 0.144. The van der Waals surface area contributed by atoms with Gasteiger partial charge in [-0.15, -0.1) is 23.1 Å². The lowest BCUT2D eigenvalue weighted by Gasteiger charge is -2.48. The first-order valence-electron chi connectivity index (χ1n) is 7.91. The summed E-state index contributed by atoms with van der Waals surface area (Å²) >= 11 is 2.41. The molecule has 154 valence electrons. The second kappa shape index (κ2) is 8.48. The largest absolute Gasteiger partial charge is 0.498 e. The van der Waals surface area contributed by atoms with E-state index < -0.39 is 41.8 Å². The number of hydrogen-bond acceptors (Lipinski definition) is 10. The molecule has 2 atom stereocenters. The van der Waals surface area contributed by atoms with Crippen molar-refractivity contribution in [1.29, 1.82) is 0 Å². The summed E-state index contributed by atoms with van der Waals surface area (Å²) in [5, 5.41) is 24.9. The highest BCUT2D eigenvalue weighted by molar-refractivity contribution is 8.00. The number of ether oxygens (including phenoxy) is 1. The first-order chi connectivity index (χ1) is 13.8. The molecule has 1 saturated heterocycles. The lowest BCUT2D eigenvalue weighted by Crippen LogP contribution is -2.71. The minimum atomic E-state index is -1.31. The van der Waals surface area contributed by atoms with Gasteiger partial charge in [0.25, 0.3) is 11.8 Å². The van der Waals surface area contributed by atoms with Crippen molar-refractivity contribution in [1.82, 2.24) is 15.2 Å². The molecule has 2 amide bonds. The number of amides is 2. The highest BCUT2D eigenvalue weighted by Crippen LogP contribution is 2.40. The van der Waals surface area contributed by atoms with E-state index in [1.165, 1.54) is 41.1 Å². The molecule has 1 aromatic rings. The number of thioether (sulfide) groups is 1. The molecule has 1 fully saturated rings. The van der Waals surface area contributed by atoms with Gasteiger partial charge in [0, 0.05) is 5.38 Å². The van der Waals surface area contributed by atoms with Crippen molar-refractivity contribution in [2.45, 2.75) is 11.4 Å². The first kappa shape index (κ1) is 20.6. The SMILES string of the molecule is COC1=C(C(=O)O)N2C(=O)C(NC(=O)C(=NOCC(=O)O)c3cscn3)[C@H]2SC1. The van der Waals surface area contributed by atoms with Crippen LogP contribution in [-0.2, 0) is 28.8 Å².